The number of halogens is 1. The van der Waals surface area contributed by atoms with Crippen molar-refractivity contribution in [2.24, 2.45) is 0 Å². The van der Waals surface area contributed by atoms with Gasteiger partial charge in [-0.1, -0.05) is 64.8 Å². The number of fused-ring (bicyclic) bond motifs is 1. The number of rotatable bonds is 3. The third-order valence-electron chi connectivity index (χ3n) is 4.12. The van der Waals surface area contributed by atoms with Crippen LogP contribution < -0.4 is 5.32 Å². The van der Waals surface area contributed by atoms with Crippen LogP contribution in [0.5, 0.6) is 0 Å². The molecule has 0 radical (unpaired) electrons. The molecule has 0 saturated heterocycles. The molecule has 1 N–H and O–H groups in total. The maximum absolute atomic E-state index is 3.74. The average molecular weight is 330 g/mol. The summed E-state index contributed by atoms with van der Waals surface area (Å²) < 4.78 is 1.19. The number of hydrogen-bond donors (Lipinski definition) is 1. The molecule has 1 unspecified atom stereocenters. The van der Waals surface area contributed by atoms with E-state index in [4.69, 9.17) is 0 Å². The highest BCUT2D eigenvalue weighted by Crippen LogP contribution is 2.29. The third-order valence-corrected chi connectivity index (χ3v) is 4.89. The van der Waals surface area contributed by atoms with Crippen LogP contribution in [-0.4, -0.2) is 0 Å². The largest absolute Gasteiger partial charge is 0.306 e. The van der Waals surface area contributed by atoms with Gasteiger partial charge >= 0.3 is 0 Å². The molecule has 0 heterocycles. The van der Waals surface area contributed by atoms with E-state index in [9.17, 15) is 0 Å². The summed E-state index contributed by atoms with van der Waals surface area (Å²) >= 11 is 3.63. The molecule has 2 heteroatoms. The highest BCUT2D eigenvalue weighted by molar-refractivity contribution is 9.10. The number of aryl methyl sites for hydroxylation is 1. The Kier molecular flexibility index (Phi) is 4.54. The topological polar surface area (TPSA) is 12.0 Å². The number of nitrogens with one attached hydrogen (secondary N) is 1. The van der Waals surface area contributed by atoms with Crippen molar-refractivity contribution in [3.63, 3.8) is 0 Å². The summed E-state index contributed by atoms with van der Waals surface area (Å²) in [6.07, 6.45) is 5.08. The van der Waals surface area contributed by atoms with Gasteiger partial charge < -0.3 is 5.32 Å². The molecule has 0 amide bonds. The second kappa shape index (κ2) is 6.55. The smallest absolute Gasteiger partial charge is 0.0325 e. The molecule has 2 aromatic rings. The van der Waals surface area contributed by atoms with Gasteiger partial charge in [-0.15, -0.1) is 0 Å². The Hall–Kier alpha value is -1.12. The van der Waals surface area contributed by atoms with Crippen molar-refractivity contribution in [1.82, 2.24) is 5.32 Å². The maximum Gasteiger partial charge on any atom is 0.0325 e. The Bertz CT molecular complexity index is 579. The first-order valence-electron chi connectivity index (χ1n) is 7.39. The first-order valence-corrected chi connectivity index (χ1v) is 8.18. The first kappa shape index (κ1) is 13.8. The Morgan fingerprint density at radius 1 is 1.00 bits per heavy atom. The molecule has 0 aromatic heterocycles. The number of hydrogen-bond acceptors (Lipinski definition) is 1. The van der Waals surface area contributed by atoms with Gasteiger partial charge in [0.1, 0.15) is 0 Å². The Labute approximate surface area is 129 Å². The molecule has 1 aliphatic rings. The van der Waals surface area contributed by atoms with Crippen LogP contribution in [0.4, 0.5) is 0 Å². The fourth-order valence-corrected chi connectivity index (χ4v) is 3.43. The van der Waals surface area contributed by atoms with E-state index in [1.165, 1.54) is 46.8 Å². The van der Waals surface area contributed by atoms with Crippen LogP contribution in [0.2, 0.25) is 0 Å². The fraction of sp³-hybridized carbons (Fsp3) is 0.333. The van der Waals surface area contributed by atoms with Gasteiger partial charge in [0.25, 0.3) is 0 Å². The molecule has 20 heavy (non-hydrogen) atoms. The second-order valence-electron chi connectivity index (χ2n) is 5.47. The molecule has 104 valence electrons. The average Bonchev–Trinajstić information content (AvgIpc) is 2.69. The lowest BCUT2D eigenvalue weighted by Crippen LogP contribution is -2.21. The van der Waals surface area contributed by atoms with Crippen molar-refractivity contribution in [3.8, 4) is 0 Å². The summed E-state index contributed by atoms with van der Waals surface area (Å²) in [6.45, 7) is 0.917. The summed E-state index contributed by atoms with van der Waals surface area (Å²) in [5.74, 6) is 0. The summed E-state index contributed by atoms with van der Waals surface area (Å²) in [5.41, 5.74) is 4.35. The predicted octanol–water partition coefficient (Wildman–Crippen LogP) is 5.01. The van der Waals surface area contributed by atoms with Crippen molar-refractivity contribution in [3.05, 3.63) is 69.7 Å². The van der Waals surface area contributed by atoms with Crippen LogP contribution in [-0.2, 0) is 13.0 Å². The molecule has 0 bridgehead atoms. The first-order chi connectivity index (χ1) is 9.84. The molecule has 0 fully saturated rings. The Morgan fingerprint density at radius 3 is 2.70 bits per heavy atom. The van der Waals surface area contributed by atoms with E-state index in [1.807, 2.05) is 0 Å². The minimum atomic E-state index is 0.487. The Balaban J connectivity index is 1.76. The zero-order valence-corrected chi connectivity index (χ0v) is 13.2. The highest BCUT2D eigenvalue weighted by Gasteiger charge is 2.17. The summed E-state index contributed by atoms with van der Waals surface area (Å²) in [7, 11) is 0. The summed E-state index contributed by atoms with van der Waals surface area (Å²) in [4.78, 5) is 0. The molecule has 0 saturated carbocycles. The molecule has 1 aliphatic carbocycles. The van der Waals surface area contributed by atoms with Crippen molar-refractivity contribution in [2.75, 3.05) is 0 Å². The van der Waals surface area contributed by atoms with Gasteiger partial charge in [0.15, 0.2) is 0 Å². The van der Waals surface area contributed by atoms with E-state index < -0.39 is 0 Å². The lowest BCUT2D eigenvalue weighted by molar-refractivity contribution is 0.488. The SMILES string of the molecule is Brc1ccccc1CNC1CCCCc2ccccc21. The normalized spacial score (nSPS) is 18.4. The summed E-state index contributed by atoms with van der Waals surface area (Å²) in [6, 6.07) is 17.8. The zero-order chi connectivity index (χ0) is 13.8. The third kappa shape index (κ3) is 3.13. The van der Waals surface area contributed by atoms with E-state index in [2.05, 4.69) is 69.8 Å². The minimum absolute atomic E-state index is 0.487. The van der Waals surface area contributed by atoms with Crippen LogP contribution in [0, 0.1) is 0 Å². The molecular weight excluding hydrogens is 310 g/mol. The van der Waals surface area contributed by atoms with Gasteiger partial charge in [0.05, 0.1) is 0 Å². The van der Waals surface area contributed by atoms with Gasteiger partial charge in [-0.3, -0.25) is 0 Å². The van der Waals surface area contributed by atoms with Gasteiger partial charge in [-0.25, -0.2) is 0 Å². The van der Waals surface area contributed by atoms with Gasteiger partial charge in [0.2, 0.25) is 0 Å². The molecular formula is C18H20BrN. The van der Waals surface area contributed by atoms with Crippen LogP contribution in [0.15, 0.2) is 53.0 Å². The highest BCUT2D eigenvalue weighted by atomic mass is 79.9. The van der Waals surface area contributed by atoms with E-state index in [0.717, 1.165) is 6.54 Å². The van der Waals surface area contributed by atoms with Gasteiger partial charge in [0, 0.05) is 17.1 Å². The monoisotopic (exact) mass is 329 g/mol. The van der Waals surface area contributed by atoms with Crippen LogP contribution in [0.3, 0.4) is 0 Å². The molecule has 1 atom stereocenters. The van der Waals surface area contributed by atoms with E-state index in [0.29, 0.717) is 6.04 Å². The predicted molar refractivity (Wildman–Crippen MR) is 87.7 cm³/mol. The second-order valence-corrected chi connectivity index (χ2v) is 6.32. The van der Waals surface area contributed by atoms with Crippen LogP contribution in [0.25, 0.3) is 0 Å². The zero-order valence-electron chi connectivity index (χ0n) is 11.6. The van der Waals surface area contributed by atoms with Crippen LogP contribution >= 0.6 is 15.9 Å². The summed E-state index contributed by atoms with van der Waals surface area (Å²) in [5, 5.41) is 3.74. The molecule has 2 aromatic carbocycles. The van der Waals surface area contributed by atoms with E-state index in [1.54, 1.807) is 0 Å². The van der Waals surface area contributed by atoms with Crippen molar-refractivity contribution >= 4 is 15.9 Å². The minimum Gasteiger partial charge on any atom is -0.306 e. The Morgan fingerprint density at radius 2 is 1.80 bits per heavy atom. The van der Waals surface area contributed by atoms with Gasteiger partial charge in [-0.05, 0) is 42.0 Å². The fourth-order valence-electron chi connectivity index (χ4n) is 3.01. The van der Waals surface area contributed by atoms with Crippen molar-refractivity contribution in [1.29, 1.82) is 0 Å². The van der Waals surface area contributed by atoms with Crippen molar-refractivity contribution < 1.29 is 0 Å². The molecule has 3 rings (SSSR count). The van der Waals surface area contributed by atoms with E-state index in [-0.39, 0.29) is 0 Å². The number of benzene rings is 2. The van der Waals surface area contributed by atoms with Gasteiger partial charge in [-0.2, -0.15) is 0 Å². The molecule has 0 spiro atoms. The van der Waals surface area contributed by atoms with Crippen molar-refractivity contribution in [2.45, 2.75) is 38.3 Å². The molecule has 0 aliphatic heterocycles. The molecule has 1 nitrogen and oxygen atoms in total. The maximum atomic E-state index is 3.74. The lowest BCUT2D eigenvalue weighted by atomic mass is 9.99. The van der Waals surface area contributed by atoms with Crippen LogP contribution in [0.1, 0.15) is 42.0 Å². The van der Waals surface area contributed by atoms with E-state index >= 15 is 0 Å². The standard InChI is InChI=1S/C18H20BrN/c19-17-11-5-2-9-15(17)13-20-18-12-6-3-8-14-7-1-4-10-16(14)18/h1-2,4-5,7,9-11,18,20H,3,6,8,12-13H2. The lowest BCUT2D eigenvalue weighted by Gasteiger charge is -2.20. The quantitative estimate of drug-likeness (QED) is 0.781.